The first-order chi connectivity index (χ1) is 10.7. The third kappa shape index (κ3) is 3.86. The van der Waals surface area contributed by atoms with Gasteiger partial charge in [0.1, 0.15) is 0 Å². The number of halogens is 1. The van der Waals surface area contributed by atoms with Crippen LogP contribution in [0.25, 0.3) is 0 Å². The van der Waals surface area contributed by atoms with Crippen LogP contribution in [0.1, 0.15) is 79.0 Å². The SMILES string of the molecule is CCCCCCCCCC1=C(Cl)C(=O)c2ccccc2C1=O. The molecule has 0 atom stereocenters. The largest absolute Gasteiger partial charge is 0.289 e. The lowest BCUT2D eigenvalue weighted by molar-refractivity contribution is 0.0977. The second kappa shape index (κ2) is 8.28. The summed E-state index contributed by atoms with van der Waals surface area (Å²) in [5.41, 5.74) is 1.43. The molecule has 0 bridgehead atoms. The predicted molar refractivity (Wildman–Crippen MR) is 90.6 cm³/mol. The van der Waals surface area contributed by atoms with Crippen molar-refractivity contribution in [3.05, 3.63) is 46.0 Å². The molecule has 1 aliphatic rings. The number of fused-ring (bicyclic) bond motifs is 1. The van der Waals surface area contributed by atoms with Crippen LogP contribution in [0.5, 0.6) is 0 Å². The molecule has 0 spiro atoms. The molecule has 2 nitrogen and oxygen atoms in total. The monoisotopic (exact) mass is 318 g/mol. The van der Waals surface area contributed by atoms with E-state index in [1.54, 1.807) is 24.3 Å². The highest BCUT2D eigenvalue weighted by molar-refractivity contribution is 6.50. The lowest BCUT2D eigenvalue weighted by Crippen LogP contribution is -2.19. The van der Waals surface area contributed by atoms with Gasteiger partial charge in [0.2, 0.25) is 5.78 Å². The van der Waals surface area contributed by atoms with Crippen LogP contribution in [0.3, 0.4) is 0 Å². The van der Waals surface area contributed by atoms with E-state index in [0.29, 0.717) is 23.1 Å². The highest BCUT2D eigenvalue weighted by atomic mass is 35.5. The number of unbranched alkanes of at least 4 members (excludes halogenated alkanes) is 6. The molecule has 0 saturated heterocycles. The Labute approximate surface area is 137 Å². The smallest absolute Gasteiger partial charge is 0.205 e. The summed E-state index contributed by atoms with van der Waals surface area (Å²) >= 11 is 6.15. The summed E-state index contributed by atoms with van der Waals surface area (Å²) in [4.78, 5) is 24.7. The van der Waals surface area contributed by atoms with E-state index in [4.69, 9.17) is 11.6 Å². The van der Waals surface area contributed by atoms with E-state index >= 15 is 0 Å². The fourth-order valence-electron chi connectivity index (χ4n) is 2.88. The molecule has 0 aliphatic heterocycles. The first-order valence-electron chi connectivity index (χ1n) is 8.24. The Morgan fingerprint density at radius 2 is 1.36 bits per heavy atom. The molecule has 1 aliphatic carbocycles. The Bertz CT molecular complexity index is 587. The van der Waals surface area contributed by atoms with Crippen LogP contribution >= 0.6 is 11.6 Å². The molecule has 0 unspecified atom stereocenters. The Hall–Kier alpha value is -1.41. The Morgan fingerprint density at radius 1 is 0.818 bits per heavy atom. The average molecular weight is 319 g/mol. The minimum Gasteiger partial charge on any atom is -0.289 e. The summed E-state index contributed by atoms with van der Waals surface area (Å²) in [5.74, 6) is -0.291. The van der Waals surface area contributed by atoms with Crippen molar-refractivity contribution in [2.45, 2.75) is 58.3 Å². The zero-order valence-corrected chi connectivity index (χ0v) is 13.9. The van der Waals surface area contributed by atoms with Gasteiger partial charge in [-0.2, -0.15) is 0 Å². The second-order valence-corrected chi connectivity index (χ2v) is 6.25. The van der Waals surface area contributed by atoms with Crippen molar-refractivity contribution in [2.24, 2.45) is 0 Å². The molecule has 0 fully saturated rings. The number of carbonyl (C=O) groups excluding carboxylic acids is 2. The number of rotatable bonds is 8. The van der Waals surface area contributed by atoms with E-state index in [1.807, 2.05) is 0 Å². The number of allylic oxidation sites excluding steroid dienone is 2. The van der Waals surface area contributed by atoms with Crippen LogP contribution in [0.4, 0.5) is 0 Å². The normalized spacial score (nSPS) is 14.5. The van der Waals surface area contributed by atoms with Crippen molar-refractivity contribution in [1.82, 2.24) is 0 Å². The lowest BCUT2D eigenvalue weighted by atomic mass is 9.87. The highest BCUT2D eigenvalue weighted by Gasteiger charge is 2.30. The van der Waals surface area contributed by atoms with Crippen molar-refractivity contribution in [1.29, 1.82) is 0 Å². The van der Waals surface area contributed by atoms with E-state index in [-0.39, 0.29) is 16.6 Å². The molecular formula is C19H23ClO2. The number of ketones is 2. The zero-order chi connectivity index (χ0) is 15.9. The maximum atomic E-state index is 12.5. The molecule has 0 heterocycles. The first kappa shape index (κ1) is 17.0. The summed E-state index contributed by atoms with van der Waals surface area (Å²) in [5, 5.41) is 0.120. The van der Waals surface area contributed by atoms with E-state index < -0.39 is 0 Å². The van der Waals surface area contributed by atoms with Crippen LogP contribution in [-0.2, 0) is 0 Å². The topological polar surface area (TPSA) is 34.1 Å². The maximum absolute atomic E-state index is 12.5. The number of hydrogen-bond donors (Lipinski definition) is 0. The van der Waals surface area contributed by atoms with Crippen LogP contribution in [0.15, 0.2) is 34.9 Å². The van der Waals surface area contributed by atoms with Crippen LogP contribution in [0, 0.1) is 0 Å². The van der Waals surface area contributed by atoms with Gasteiger partial charge in [0, 0.05) is 16.7 Å². The number of Topliss-reactive ketones (excluding diaryl/α,β-unsaturated/α-hetero) is 2. The van der Waals surface area contributed by atoms with Crippen molar-refractivity contribution in [3.8, 4) is 0 Å². The van der Waals surface area contributed by atoms with Crippen molar-refractivity contribution in [2.75, 3.05) is 0 Å². The minimum absolute atomic E-state index is 0.0776. The lowest BCUT2D eigenvalue weighted by Gasteiger charge is -2.17. The first-order valence-corrected chi connectivity index (χ1v) is 8.61. The van der Waals surface area contributed by atoms with Gasteiger partial charge in [0.05, 0.1) is 5.03 Å². The van der Waals surface area contributed by atoms with Gasteiger partial charge in [0.25, 0.3) is 0 Å². The zero-order valence-electron chi connectivity index (χ0n) is 13.2. The van der Waals surface area contributed by atoms with Crippen molar-refractivity contribution < 1.29 is 9.59 Å². The van der Waals surface area contributed by atoms with Gasteiger partial charge in [-0.1, -0.05) is 81.3 Å². The standard InChI is InChI=1S/C19H23ClO2/c1-2-3-4-5-6-7-8-13-16-17(20)19(22)15-12-10-9-11-14(15)18(16)21/h9-12H,2-8,13H2,1H3. The second-order valence-electron chi connectivity index (χ2n) is 5.87. The molecule has 3 heteroatoms. The molecule has 1 aromatic carbocycles. The van der Waals surface area contributed by atoms with Gasteiger partial charge < -0.3 is 0 Å². The van der Waals surface area contributed by atoms with Gasteiger partial charge in [-0.05, 0) is 12.8 Å². The minimum atomic E-state index is -0.213. The molecular weight excluding hydrogens is 296 g/mol. The number of benzene rings is 1. The molecule has 1 aromatic rings. The third-order valence-corrected chi connectivity index (χ3v) is 4.58. The van der Waals surface area contributed by atoms with Crippen LogP contribution < -0.4 is 0 Å². The maximum Gasteiger partial charge on any atom is 0.205 e. The molecule has 2 rings (SSSR count). The van der Waals surface area contributed by atoms with Crippen LogP contribution in [0.2, 0.25) is 0 Å². The van der Waals surface area contributed by atoms with Gasteiger partial charge >= 0.3 is 0 Å². The quantitative estimate of drug-likeness (QED) is 0.576. The number of hydrogen-bond acceptors (Lipinski definition) is 2. The van der Waals surface area contributed by atoms with Crippen molar-refractivity contribution in [3.63, 3.8) is 0 Å². The fourth-order valence-corrected chi connectivity index (χ4v) is 3.16. The third-order valence-electron chi connectivity index (χ3n) is 4.19. The average Bonchev–Trinajstić information content (AvgIpc) is 2.54. The summed E-state index contributed by atoms with van der Waals surface area (Å²) in [6.07, 6.45) is 8.86. The van der Waals surface area contributed by atoms with Gasteiger partial charge in [0.15, 0.2) is 5.78 Å². The Kier molecular flexibility index (Phi) is 6.38. The van der Waals surface area contributed by atoms with Gasteiger partial charge in [-0.3, -0.25) is 9.59 Å². The van der Waals surface area contributed by atoms with Crippen molar-refractivity contribution >= 4 is 23.2 Å². The van der Waals surface area contributed by atoms with E-state index in [2.05, 4.69) is 6.92 Å². The summed E-state index contributed by atoms with van der Waals surface area (Å²) in [6, 6.07) is 6.93. The molecule has 0 saturated carbocycles. The molecule has 118 valence electrons. The molecule has 0 N–H and O–H groups in total. The van der Waals surface area contributed by atoms with E-state index in [1.165, 1.54) is 32.1 Å². The molecule has 0 amide bonds. The molecule has 22 heavy (non-hydrogen) atoms. The summed E-state index contributed by atoms with van der Waals surface area (Å²) in [6.45, 7) is 2.21. The Balaban J connectivity index is 1.92. The van der Waals surface area contributed by atoms with Crippen LogP contribution in [-0.4, -0.2) is 11.6 Å². The summed E-state index contributed by atoms with van der Waals surface area (Å²) in [7, 11) is 0. The fraction of sp³-hybridized carbons (Fsp3) is 0.474. The Morgan fingerprint density at radius 3 is 2.00 bits per heavy atom. The predicted octanol–water partition coefficient (Wildman–Crippen LogP) is 5.70. The van der Waals surface area contributed by atoms with E-state index in [0.717, 1.165) is 12.8 Å². The van der Waals surface area contributed by atoms with Gasteiger partial charge in [-0.25, -0.2) is 0 Å². The van der Waals surface area contributed by atoms with E-state index in [9.17, 15) is 9.59 Å². The molecule has 0 radical (unpaired) electrons. The highest BCUT2D eigenvalue weighted by Crippen LogP contribution is 2.31. The molecule has 0 aromatic heterocycles. The number of carbonyl (C=O) groups is 2. The summed E-state index contributed by atoms with van der Waals surface area (Å²) < 4.78 is 0. The van der Waals surface area contributed by atoms with Gasteiger partial charge in [-0.15, -0.1) is 0 Å².